The van der Waals surface area contributed by atoms with E-state index in [-0.39, 0.29) is 18.3 Å². The van der Waals surface area contributed by atoms with E-state index < -0.39 is 11.7 Å². The molecule has 2 heterocycles. The van der Waals surface area contributed by atoms with Crippen molar-refractivity contribution in [3.63, 3.8) is 0 Å². The van der Waals surface area contributed by atoms with Gasteiger partial charge in [0.2, 0.25) is 0 Å². The van der Waals surface area contributed by atoms with Crippen LogP contribution in [0.3, 0.4) is 0 Å². The van der Waals surface area contributed by atoms with E-state index in [9.17, 15) is 18.0 Å². The number of halogens is 3. The van der Waals surface area contributed by atoms with Gasteiger partial charge in [0.25, 0.3) is 5.91 Å². The summed E-state index contributed by atoms with van der Waals surface area (Å²) in [5.74, 6) is 0.142. The molecule has 0 N–H and O–H groups in total. The van der Waals surface area contributed by atoms with Gasteiger partial charge in [0, 0.05) is 19.0 Å². The summed E-state index contributed by atoms with van der Waals surface area (Å²) in [6.45, 7) is 0.907. The molecule has 0 atom stereocenters. The monoisotopic (exact) mass is 420 g/mol. The lowest BCUT2D eigenvalue weighted by Gasteiger charge is -2.31. The van der Waals surface area contributed by atoms with E-state index in [0.717, 1.165) is 40.2 Å². The van der Waals surface area contributed by atoms with Crippen LogP contribution in [0.25, 0.3) is 10.2 Å². The van der Waals surface area contributed by atoms with Gasteiger partial charge in [0.15, 0.2) is 6.61 Å². The molecule has 4 rings (SSSR count). The summed E-state index contributed by atoms with van der Waals surface area (Å²) in [7, 11) is 0. The van der Waals surface area contributed by atoms with Crippen molar-refractivity contribution in [3.8, 4) is 5.75 Å². The first kappa shape index (κ1) is 19.7. The molecule has 3 aromatic rings. The molecule has 1 amide bonds. The van der Waals surface area contributed by atoms with Crippen molar-refractivity contribution in [2.45, 2.75) is 24.9 Å². The lowest BCUT2D eigenvalue weighted by molar-refractivity contribution is -0.137. The minimum absolute atomic E-state index is 0.0394. The van der Waals surface area contributed by atoms with Crippen molar-refractivity contribution in [3.05, 3.63) is 59.1 Å². The third kappa shape index (κ3) is 4.53. The van der Waals surface area contributed by atoms with Crippen LogP contribution in [0.5, 0.6) is 5.75 Å². The number of likely N-dealkylation sites (tertiary alicyclic amines) is 1. The molecule has 0 saturated carbocycles. The smallest absolute Gasteiger partial charge is 0.416 e. The molecule has 0 spiro atoms. The molecule has 0 aliphatic carbocycles. The van der Waals surface area contributed by atoms with Gasteiger partial charge in [-0.1, -0.05) is 18.2 Å². The molecular formula is C21H19F3N2O2S. The minimum Gasteiger partial charge on any atom is -0.484 e. The van der Waals surface area contributed by atoms with Gasteiger partial charge in [-0.2, -0.15) is 13.2 Å². The number of carbonyl (C=O) groups excluding carboxylic acids is 1. The zero-order valence-corrected chi connectivity index (χ0v) is 16.3. The summed E-state index contributed by atoms with van der Waals surface area (Å²) in [5.41, 5.74) is 0.208. The number of fused-ring (bicyclic) bond motifs is 1. The molecule has 152 valence electrons. The molecule has 0 unspecified atom stereocenters. The van der Waals surface area contributed by atoms with Crippen molar-refractivity contribution in [2.24, 2.45) is 0 Å². The van der Waals surface area contributed by atoms with E-state index in [1.807, 2.05) is 18.2 Å². The highest BCUT2D eigenvalue weighted by Crippen LogP contribution is 2.34. The fraction of sp³-hybridized carbons (Fsp3) is 0.333. The van der Waals surface area contributed by atoms with Crippen molar-refractivity contribution in [1.82, 2.24) is 9.88 Å². The number of nitrogens with zero attached hydrogens (tertiary/aromatic N) is 2. The van der Waals surface area contributed by atoms with Gasteiger partial charge in [0.1, 0.15) is 5.75 Å². The molecule has 4 nitrogen and oxygen atoms in total. The quantitative estimate of drug-likeness (QED) is 0.590. The third-order valence-electron chi connectivity index (χ3n) is 5.03. The second kappa shape index (κ2) is 8.02. The standard InChI is InChI=1S/C21H19F3N2O2S/c22-21(23,24)15-4-3-5-16(12-15)28-13-19(27)26-10-8-14(9-11-26)20-25-17-6-1-2-7-18(17)29-20/h1-7,12,14H,8-11,13H2. The highest BCUT2D eigenvalue weighted by atomic mass is 32.1. The summed E-state index contributed by atoms with van der Waals surface area (Å²) in [6, 6.07) is 12.6. The lowest BCUT2D eigenvalue weighted by Crippen LogP contribution is -2.40. The number of amides is 1. The first-order chi connectivity index (χ1) is 13.9. The molecular weight excluding hydrogens is 401 g/mol. The number of thiazole rings is 1. The maximum Gasteiger partial charge on any atom is 0.416 e. The summed E-state index contributed by atoms with van der Waals surface area (Å²) in [6.07, 6.45) is -2.81. The molecule has 1 fully saturated rings. The molecule has 8 heteroatoms. The maximum atomic E-state index is 12.8. The number of aromatic nitrogens is 1. The maximum absolute atomic E-state index is 12.8. The van der Waals surface area contributed by atoms with E-state index in [1.165, 1.54) is 12.1 Å². The van der Waals surface area contributed by atoms with Crippen LogP contribution in [0.15, 0.2) is 48.5 Å². The normalized spacial score (nSPS) is 15.6. The van der Waals surface area contributed by atoms with Crippen LogP contribution in [-0.4, -0.2) is 35.5 Å². The predicted octanol–water partition coefficient (Wildman–Crippen LogP) is 5.10. The van der Waals surface area contributed by atoms with Crippen LogP contribution < -0.4 is 4.74 Å². The van der Waals surface area contributed by atoms with Gasteiger partial charge in [0.05, 0.1) is 20.8 Å². The van der Waals surface area contributed by atoms with Gasteiger partial charge < -0.3 is 9.64 Å². The van der Waals surface area contributed by atoms with Gasteiger partial charge in [-0.3, -0.25) is 4.79 Å². The van der Waals surface area contributed by atoms with Crippen LogP contribution >= 0.6 is 11.3 Å². The number of hydrogen-bond acceptors (Lipinski definition) is 4. The van der Waals surface area contributed by atoms with Crippen molar-refractivity contribution >= 4 is 27.5 Å². The van der Waals surface area contributed by atoms with Gasteiger partial charge in [-0.15, -0.1) is 11.3 Å². The zero-order chi connectivity index (χ0) is 20.4. The number of piperidine rings is 1. The molecule has 1 aliphatic rings. The highest BCUT2D eigenvalue weighted by Gasteiger charge is 2.31. The third-order valence-corrected chi connectivity index (χ3v) is 6.23. The molecule has 1 aliphatic heterocycles. The molecule has 0 radical (unpaired) electrons. The van der Waals surface area contributed by atoms with E-state index in [2.05, 4.69) is 6.07 Å². The average molecular weight is 420 g/mol. The Labute approximate surface area is 169 Å². The Bertz CT molecular complexity index is 977. The Kier molecular flexibility index (Phi) is 5.45. The topological polar surface area (TPSA) is 42.4 Å². The SMILES string of the molecule is O=C(COc1cccc(C(F)(F)F)c1)N1CCC(c2nc3ccccc3s2)CC1. The van der Waals surface area contributed by atoms with Crippen LogP contribution in [0.1, 0.15) is 29.3 Å². The fourth-order valence-corrected chi connectivity index (χ4v) is 4.58. The molecule has 1 saturated heterocycles. The summed E-state index contributed by atoms with van der Waals surface area (Å²) in [5, 5.41) is 1.10. The number of alkyl halides is 3. The second-order valence-corrected chi connectivity index (χ2v) is 8.05. The second-order valence-electron chi connectivity index (χ2n) is 6.99. The van der Waals surface area contributed by atoms with Crippen molar-refractivity contribution in [2.75, 3.05) is 19.7 Å². The molecule has 2 aromatic carbocycles. The van der Waals surface area contributed by atoms with Crippen molar-refractivity contribution < 1.29 is 22.7 Å². The van der Waals surface area contributed by atoms with E-state index in [1.54, 1.807) is 16.2 Å². The predicted molar refractivity (Wildman–Crippen MR) is 105 cm³/mol. The summed E-state index contributed by atoms with van der Waals surface area (Å²) in [4.78, 5) is 18.8. The molecule has 1 aromatic heterocycles. The molecule has 29 heavy (non-hydrogen) atoms. The van der Waals surface area contributed by atoms with Crippen LogP contribution in [0.2, 0.25) is 0 Å². The van der Waals surface area contributed by atoms with Crippen LogP contribution in [-0.2, 0) is 11.0 Å². The van der Waals surface area contributed by atoms with Gasteiger partial charge in [-0.05, 0) is 43.2 Å². The van der Waals surface area contributed by atoms with Crippen LogP contribution in [0, 0.1) is 0 Å². The Morgan fingerprint density at radius 1 is 1.14 bits per heavy atom. The number of rotatable bonds is 4. The number of para-hydroxylation sites is 1. The zero-order valence-electron chi connectivity index (χ0n) is 15.5. The number of ether oxygens (including phenoxy) is 1. The lowest BCUT2D eigenvalue weighted by atomic mass is 9.97. The number of hydrogen-bond donors (Lipinski definition) is 0. The Morgan fingerprint density at radius 2 is 1.90 bits per heavy atom. The Balaban J connectivity index is 1.31. The van der Waals surface area contributed by atoms with Crippen molar-refractivity contribution in [1.29, 1.82) is 0 Å². The van der Waals surface area contributed by atoms with E-state index >= 15 is 0 Å². The number of benzene rings is 2. The Hall–Kier alpha value is -2.61. The van der Waals surface area contributed by atoms with Gasteiger partial charge >= 0.3 is 6.18 Å². The summed E-state index contributed by atoms with van der Waals surface area (Å²) < 4.78 is 44.8. The van der Waals surface area contributed by atoms with Gasteiger partial charge in [-0.25, -0.2) is 4.98 Å². The Morgan fingerprint density at radius 3 is 2.62 bits per heavy atom. The van der Waals surface area contributed by atoms with Crippen LogP contribution in [0.4, 0.5) is 13.2 Å². The first-order valence-electron chi connectivity index (χ1n) is 9.33. The highest BCUT2D eigenvalue weighted by molar-refractivity contribution is 7.18. The largest absolute Gasteiger partial charge is 0.484 e. The van der Waals surface area contributed by atoms with E-state index in [0.29, 0.717) is 19.0 Å². The molecule has 0 bridgehead atoms. The van der Waals surface area contributed by atoms with E-state index in [4.69, 9.17) is 9.72 Å². The summed E-state index contributed by atoms with van der Waals surface area (Å²) >= 11 is 1.69. The minimum atomic E-state index is -4.44. The fourth-order valence-electron chi connectivity index (χ4n) is 3.44. The average Bonchev–Trinajstić information content (AvgIpc) is 3.16. The number of carbonyl (C=O) groups is 1. The first-order valence-corrected chi connectivity index (χ1v) is 10.1.